The van der Waals surface area contributed by atoms with Crippen LogP contribution in [0.15, 0.2) is 54.9 Å². The van der Waals surface area contributed by atoms with Crippen LogP contribution >= 0.6 is 0 Å². The third-order valence-corrected chi connectivity index (χ3v) is 3.95. The van der Waals surface area contributed by atoms with Gasteiger partial charge in [-0.1, -0.05) is 50.2 Å². The number of benzene rings is 1. The fourth-order valence-electron chi connectivity index (χ4n) is 2.58. The Morgan fingerprint density at radius 1 is 1.05 bits per heavy atom. The predicted octanol–water partition coefficient (Wildman–Crippen LogP) is 3.69. The van der Waals surface area contributed by atoms with Gasteiger partial charge in [-0.05, 0) is 29.0 Å². The number of hydrogen-bond donors (Lipinski definition) is 1. The van der Waals surface area contributed by atoms with E-state index in [9.17, 15) is 9.90 Å². The zero-order valence-corrected chi connectivity index (χ0v) is 11.7. The van der Waals surface area contributed by atoms with Gasteiger partial charge in [0, 0.05) is 12.4 Å². The van der Waals surface area contributed by atoms with E-state index in [2.05, 4.69) is 11.9 Å². The number of rotatable bonds is 5. The van der Waals surface area contributed by atoms with Crippen molar-refractivity contribution in [2.75, 3.05) is 0 Å². The molecule has 0 saturated heterocycles. The first kappa shape index (κ1) is 14.3. The van der Waals surface area contributed by atoms with Crippen molar-refractivity contribution in [2.45, 2.75) is 25.7 Å². The summed E-state index contributed by atoms with van der Waals surface area (Å²) in [4.78, 5) is 15.7. The highest BCUT2D eigenvalue weighted by Gasteiger charge is 2.31. The molecule has 2 aromatic rings. The summed E-state index contributed by atoms with van der Waals surface area (Å²) in [6, 6.07) is 13.6. The molecule has 1 N–H and O–H groups in total. The molecule has 0 aliphatic rings. The summed E-state index contributed by atoms with van der Waals surface area (Å²) >= 11 is 0. The lowest BCUT2D eigenvalue weighted by Crippen LogP contribution is -2.23. The van der Waals surface area contributed by atoms with Crippen LogP contribution in [0.1, 0.15) is 36.8 Å². The van der Waals surface area contributed by atoms with Crippen LogP contribution in [-0.4, -0.2) is 16.1 Å². The van der Waals surface area contributed by atoms with E-state index in [1.165, 1.54) is 0 Å². The summed E-state index contributed by atoms with van der Waals surface area (Å²) in [5.74, 6) is -1.19. The molecule has 0 bridgehead atoms. The topological polar surface area (TPSA) is 50.2 Å². The fraction of sp³-hybridized carbons (Fsp3) is 0.294. The van der Waals surface area contributed by atoms with E-state index in [1.54, 1.807) is 18.5 Å². The predicted molar refractivity (Wildman–Crippen MR) is 78.6 cm³/mol. The summed E-state index contributed by atoms with van der Waals surface area (Å²) in [5.41, 5.74) is 1.92. The van der Waals surface area contributed by atoms with Crippen LogP contribution in [-0.2, 0) is 4.79 Å². The first-order chi connectivity index (χ1) is 9.61. The second-order valence-corrected chi connectivity index (χ2v) is 5.16. The SMILES string of the molecule is CC(c1ccccc1)C(C)C(C(=O)O)c1cccnc1. The maximum atomic E-state index is 11.6. The number of carboxylic acids is 1. The molecule has 104 valence electrons. The van der Waals surface area contributed by atoms with E-state index in [4.69, 9.17) is 0 Å². The highest BCUT2D eigenvalue weighted by atomic mass is 16.4. The Bertz CT molecular complexity index is 554. The molecule has 0 fully saturated rings. The van der Waals surface area contributed by atoms with E-state index >= 15 is 0 Å². The molecule has 1 heterocycles. The van der Waals surface area contributed by atoms with Crippen LogP contribution in [0.2, 0.25) is 0 Å². The van der Waals surface area contributed by atoms with Crippen molar-refractivity contribution >= 4 is 5.97 Å². The molecule has 0 aliphatic heterocycles. The molecular formula is C17H19NO2. The van der Waals surface area contributed by atoms with Gasteiger partial charge in [-0.3, -0.25) is 9.78 Å². The van der Waals surface area contributed by atoms with E-state index in [0.717, 1.165) is 11.1 Å². The van der Waals surface area contributed by atoms with Gasteiger partial charge in [-0.25, -0.2) is 0 Å². The summed E-state index contributed by atoms with van der Waals surface area (Å²) in [5, 5.41) is 9.57. The summed E-state index contributed by atoms with van der Waals surface area (Å²) < 4.78 is 0. The van der Waals surface area contributed by atoms with Gasteiger partial charge in [-0.2, -0.15) is 0 Å². The number of hydrogen-bond acceptors (Lipinski definition) is 2. The van der Waals surface area contributed by atoms with Crippen molar-refractivity contribution in [3.8, 4) is 0 Å². The van der Waals surface area contributed by atoms with Gasteiger partial charge in [0.15, 0.2) is 0 Å². The van der Waals surface area contributed by atoms with Crippen LogP contribution in [0.4, 0.5) is 0 Å². The van der Waals surface area contributed by atoms with Gasteiger partial charge >= 0.3 is 5.97 Å². The van der Waals surface area contributed by atoms with E-state index < -0.39 is 11.9 Å². The zero-order valence-electron chi connectivity index (χ0n) is 11.7. The lowest BCUT2D eigenvalue weighted by molar-refractivity contribution is -0.140. The molecule has 0 aliphatic carbocycles. The third kappa shape index (κ3) is 3.05. The minimum Gasteiger partial charge on any atom is -0.481 e. The fourth-order valence-corrected chi connectivity index (χ4v) is 2.58. The second kappa shape index (κ2) is 6.33. The first-order valence-electron chi connectivity index (χ1n) is 6.79. The maximum Gasteiger partial charge on any atom is 0.311 e. The second-order valence-electron chi connectivity index (χ2n) is 5.16. The molecule has 3 heteroatoms. The lowest BCUT2D eigenvalue weighted by Gasteiger charge is -2.26. The number of carbonyl (C=O) groups is 1. The monoisotopic (exact) mass is 269 g/mol. The average Bonchev–Trinajstić information content (AvgIpc) is 2.48. The van der Waals surface area contributed by atoms with Gasteiger partial charge in [0.25, 0.3) is 0 Å². The Labute approximate surface area is 119 Å². The molecule has 3 nitrogen and oxygen atoms in total. The molecule has 1 aromatic heterocycles. The molecule has 0 radical (unpaired) electrons. The summed E-state index contributed by atoms with van der Waals surface area (Å²) in [6.45, 7) is 4.07. The molecule has 0 amide bonds. The van der Waals surface area contributed by atoms with Crippen molar-refractivity contribution in [1.82, 2.24) is 4.98 Å². The quantitative estimate of drug-likeness (QED) is 0.900. The van der Waals surface area contributed by atoms with Crippen LogP contribution < -0.4 is 0 Å². The van der Waals surface area contributed by atoms with E-state index in [0.29, 0.717) is 0 Å². The Morgan fingerprint density at radius 2 is 1.70 bits per heavy atom. The lowest BCUT2D eigenvalue weighted by atomic mass is 9.77. The van der Waals surface area contributed by atoms with Gasteiger partial charge in [0.2, 0.25) is 0 Å². The molecule has 0 spiro atoms. The number of aliphatic carboxylic acids is 1. The first-order valence-corrected chi connectivity index (χ1v) is 6.79. The normalized spacial score (nSPS) is 15.3. The van der Waals surface area contributed by atoms with E-state index in [1.807, 2.05) is 43.3 Å². The largest absolute Gasteiger partial charge is 0.481 e. The smallest absolute Gasteiger partial charge is 0.311 e. The molecule has 1 aromatic carbocycles. The summed E-state index contributed by atoms with van der Waals surface area (Å²) in [6.07, 6.45) is 3.31. The number of nitrogens with zero attached hydrogens (tertiary/aromatic N) is 1. The Balaban J connectivity index is 2.29. The standard InChI is InChI=1S/C17H19NO2/c1-12(14-7-4-3-5-8-14)13(2)16(17(19)20)15-9-6-10-18-11-15/h3-13,16H,1-2H3,(H,19,20). The minimum atomic E-state index is -0.798. The molecule has 20 heavy (non-hydrogen) atoms. The Morgan fingerprint density at radius 3 is 2.25 bits per heavy atom. The molecular weight excluding hydrogens is 250 g/mol. The number of aromatic nitrogens is 1. The van der Waals surface area contributed by atoms with Crippen molar-refractivity contribution in [2.24, 2.45) is 5.92 Å². The van der Waals surface area contributed by atoms with Crippen molar-refractivity contribution in [1.29, 1.82) is 0 Å². The molecule has 0 saturated carbocycles. The van der Waals surface area contributed by atoms with Crippen molar-refractivity contribution in [3.63, 3.8) is 0 Å². The Kier molecular flexibility index (Phi) is 4.51. The van der Waals surface area contributed by atoms with Crippen LogP contribution in [0.5, 0.6) is 0 Å². The van der Waals surface area contributed by atoms with Crippen LogP contribution in [0.25, 0.3) is 0 Å². The Hall–Kier alpha value is -2.16. The summed E-state index contributed by atoms with van der Waals surface area (Å²) in [7, 11) is 0. The molecule has 3 unspecified atom stereocenters. The minimum absolute atomic E-state index is 0.0147. The van der Waals surface area contributed by atoms with E-state index in [-0.39, 0.29) is 11.8 Å². The van der Waals surface area contributed by atoms with Crippen LogP contribution in [0.3, 0.4) is 0 Å². The van der Waals surface area contributed by atoms with Gasteiger partial charge in [-0.15, -0.1) is 0 Å². The van der Waals surface area contributed by atoms with Gasteiger partial charge in [0.05, 0.1) is 5.92 Å². The maximum absolute atomic E-state index is 11.6. The molecule has 3 atom stereocenters. The van der Waals surface area contributed by atoms with Crippen molar-refractivity contribution in [3.05, 3.63) is 66.0 Å². The molecule has 2 rings (SSSR count). The highest BCUT2D eigenvalue weighted by molar-refractivity contribution is 5.76. The van der Waals surface area contributed by atoms with Crippen LogP contribution in [0, 0.1) is 5.92 Å². The van der Waals surface area contributed by atoms with Gasteiger partial charge < -0.3 is 5.11 Å². The number of pyridine rings is 1. The highest BCUT2D eigenvalue weighted by Crippen LogP contribution is 2.35. The van der Waals surface area contributed by atoms with Gasteiger partial charge in [0.1, 0.15) is 0 Å². The zero-order chi connectivity index (χ0) is 14.5. The average molecular weight is 269 g/mol. The van der Waals surface area contributed by atoms with Crippen molar-refractivity contribution < 1.29 is 9.90 Å². The third-order valence-electron chi connectivity index (χ3n) is 3.95. The number of carboxylic acid groups (broad SMARTS) is 1.